The van der Waals surface area contributed by atoms with Crippen LogP contribution < -0.4 is 31.9 Å². The summed E-state index contributed by atoms with van der Waals surface area (Å²) in [5, 5.41) is 37.2. The van der Waals surface area contributed by atoms with Gasteiger partial charge in [0.2, 0.25) is 0 Å². The number of aromatic nitrogens is 6. The van der Waals surface area contributed by atoms with Crippen molar-refractivity contribution >= 4 is 69.9 Å². The Labute approximate surface area is 799 Å². The van der Waals surface area contributed by atoms with E-state index in [0.717, 1.165) is 139 Å². The van der Waals surface area contributed by atoms with Gasteiger partial charge >= 0.3 is 36.4 Å². The maximum absolute atomic E-state index is 13.0. The first-order chi connectivity index (χ1) is 65.4. The van der Waals surface area contributed by atoms with E-state index in [1.807, 2.05) is 68.4 Å². The van der Waals surface area contributed by atoms with Gasteiger partial charge in [-0.05, 0) is 199 Å². The number of unbranched alkanes of at least 4 members (excludes halogenated alkanes) is 1. The fourth-order valence-corrected chi connectivity index (χ4v) is 12.4. The Morgan fingerprint density at radius 2 is 0.717 bits per heavy atom. The zero-order valence-corrected chi connectivity index (χ0v) is 80.4. The summed E-state index contributed by atoms with van der Waals surface area (Å²) >= 11 is 0. The topological polar surface area (TPSA) is 396 Å². The van der Waals surface area contributed by atoms with Crippen molar-refractivity contribution in [3.8, 4) is 17.1 Å². The molecule has 0 spiro atoms. The van der Waals surface area contributed by atoms with Crippen molar-refractivity contribution in [2.75, 3.05) is 184 Å². The molecule has 0 radical (unpaired) electrons. The average molecular weight is 1960 g/mol. The number of nitrogen functional groups attached to an aromatic ring is 2. The second-order valence-electron chi connectivity index (χ2n) is 34.0. The summed E-state index contributed by atoms with van der Waals surface area (Å²) in [4.78, 5) is 74.8. The number of aliphatic hydroxyl groups excluding tert-OH is 1. The van der Waals surface area contributed by atoms with Crippen LogP contribution in [0.4, 0.5) is 79.7 Å². The number of rotatable bonds is 44. The summed E-state index contributed by atoms with van der Waals surface area (Å²) in [6.45, 7) is 33.5. The van der Waals surface area contributed by atoms with Gasteiger partial charge in [0.1, 0.15) is 28.2 Å². The maximum atomic E-state index is 13.0. The summed E-state index contributed by atoms with van der Waals surface area (Å²) in [7, 11) is 0. The number of hydrogen-bond donors (Lipinski definition) is 5. The third-order valence-corrected chi connectivity index (χ3v) is 18.8. The van der Waals surface area contributed by atoms with E-state index in [2.05, 4.69) is 49.6 Å². The highest BCUT2D eigenvalue weighted by molar-refractivity contribution is 6.08. The van der Waals surface area contributed by atoms with Crippen molar-refractivity contribution in [1.82, 2.24) is 29.3 Å². The highest BCUT2D eigenvalue weighted by Crippen LogP contribution is 2.35. The molecule has 2 saturated heterocycles. The number of amides is 2. The molecule has 5 heterocycles. The third-order valence-electron chi connectivity index (χ3n) is 18.8. The van der Waals surface area contributed by atoms with Crippen LogP contribution in [0, 0.1) is 10.1 Å². The number of nitrogens with zero attached hydrogens (tertiary/aromatic N) is 9. The molecule has 33 nitrogen and oxygen atoms in total. The fraction of sp³-hybridized carbons (Fsp3) is 0.542. The number of carbonyl (C=O) groups excluding carboxylic acids is 5. The quantitative estimate of drug-likeness (QED) is 0.00450. The van der Waals surface area contributed by atoms with E-state index >= 15 is 0 Å². The maximum Gasteiger partial charge on any atom is 0.416 e. The molecule has 5 aromatic carbocycles. The number of benzene rings is 5. The van der Waals surface area contributed by atoms with Gasteiger partial charge in [0.25, 0.3) is 17.5 Å². The first-order valence-corrected chi connectivity index (χ1v) is 45.6. The zero-order chi connectivity index (χ0) is 102. The number of anilines is 6. The van der Waals surface area contributed by atoms with E-state index in [1.54, 1.807) is 18.2 Å². The van der Waals surface area contributed by atoms with Crippen LogP contribution in [0.5, 0.6) is 0 Å². The molecule has 138 heavy (non-hydrogen) atoms. The monoisotopic (exact) mass is 1960 g/mol. The lowest BCUT2D eigenvalue weighted by Crippen LogP contribution is -2.29. The number of halogens is 9. The van der Waals surface area contributed by atoms with Gasteiger partial charge in [-0.15, -0.1) is 0 Å². The molecule has 0 bridgehead atoms. The number of alkyl halides is 9. The van der Waals surface area contributed by atoms with E-state index in [9.17, 15) is 73.6 Å². The number of nitro benzene ring substituents is 1. The Morgan fingerprint density at radius 1 is 0.391 bits per heavy atom. The van der Waals surface area contributed by atoms with Gasteiger partial charge in [0.15, 0.2) is 11.6 Å². The van der Waals surface area contributed by atoms with E-state index < -0.39 is 68.8 Å². The first kappa shape index (κ1) is 117. The number of ether oxygens (including phenoxy) is 12. The van der Waals surface area contributed by atoms with Gasteiger partial charge in [-0.1, -0.05) is 38.5 Å². The van der Waals surface area contributed by atoms with Gasteiger partial charge in [0.05, 0.1) is 176 Å². The lowest BCUT2D eigenvalue weighted by molar-refractivity contribution is -0.385. The number of carbonyl (C=O) groups is 5. The van der Waals surface area contributed by atoms with Crippen molar-refractivity contribution in [2.45, 2.75) is 189 Å². The van der Waals surface area contributed by atoms with E-state index in [1.165, 1.54) is 106 Å². The molecule has 0 aliphatic carbocycles. The molecular weight excluding hydrogens is 1830 g/mol. The molecule has 0 unspecified atom stereocenters. The number of nitrogens with one attached hydrogen (secondary N) is 2. The van der Waals surface area contributed by atoms with Crippen LogP contribution in [0.3, 0.4) is 0 Å². The average Bonchev–Trinajstić information content (AvgIpc) is 1.18. The molecule has 42 heteroatoms. The van der Waals surface area contributed by atoms with Crippen molar-refractivity contribution in [3.63, 3.8) is 0 Å². The van der Waals surface area contributed by atoms with Crippen LogP contribution in [-0.4, -0.2) is 238 Å². The normalized spacial score (nSPS) is 12.9. The second kappa shape index (κ2) is 61.2. The Hall–Kier alpha value is -11.4. The molecule has 8 aromatic rings. The SMILES string of the molecule is CC(C)(C)OC(=O)CCOCCOCCOCCO.CCCCOCCOCCOCCC(=O)OC(C)(C)C.CCCOCCOCCOCCC(=O)OC(C)(C)C.Nc1ccc(N2CCCCC2)cc1C(=O)Nc1ccn(-c2cccc(C(F)(F)F)c2)n1.Nc1ccn(-c2cccc(C(F)(F)F)c2)n1.O=C(Nc1ccn(-c2cccc(C(F)(F)F)c2)n1)c1cc(N2CCCCC2)ccc1[N+](=O)[O-]. The minimum Gasteiger partial charge on any atom is -0.460 e. The van der Waals surface area contributed by atoms with Crippen LogP contribution >= 0.6 is 0 Å². The molecule has 2 fully saturated rings. The number of nitrogens with two attached hydrogens (primary N) is 2. The van der Waals surface area contributed by atoms with Gasteiger partial charge in [-0.2, -0.15) is 54.8 Å². The molecule has 10 rings (SSSR count). The van der Waals surface area contributed by atoms with Gasteiger partial charge in [-0.25, -0.2) is 14.0 Å². The van der Waals surface area contributed by atoms with Crippen LogP contribution in [0.15, 0.2) is 146 Å². The van der Waals surface area contributed by atoms with Gasteiger partial charge in [0, 0.05) is 99.3 Å². The molecule has 766 valence electrons. The zero-order valence-electron chi connectivity index (χ0n) is 80.4. The predicted molar refractivity (Wildman–Crippen MR) is 503 cm³/mol. The lowest BCUT2D eigenvalue weighted by atomic mass is 10.1. The number of piperidine rings is 2. The molecule has 0 saturated carbocycles. The summed E-state index contributed by atoms with van der Waals surface area (Å²) in [5.41, 5.74) is 10.4. The van der Waals surface area contributed by atoms with Crippen LogP contribution in [0.25, 0.3) is 17.1 Å². The Balaban J connectivity index is 0.000000299. The Kier molecular flexibility index (Phi) is 51.9. The fourth-order valence-electron chi connectivity index (χ4n) is 12.4. The standard InChI is InChI=1S/C22H20F3N5O3.C22H22F3N5O.C15H30O5.C14H28O5.C13H26O6.C10H8F3N3/c23-22(24,25)15-5-4-6-17(13-15)29-12-9-20(27-29)26-21(31)18-14-16(7-8-19(18)30(32)33)28-10-2-1-3-11-28;23-22(24,25)15-5-4-6-17(13-15)30-12-9-20(28-30)27-21(31)18-14-16(7-8-19(18)26)29-10-2-1-3-11-29;1-5-6-8-17-10-12-19-13-11-18-9-7-14(16)20-15(2,3)4;1-5-7-16-9-11-18-12-10-17-8-6-13(15)19-14(2,3)4;1-13(2,3)19-12(15)4-6-16-8-10-18-11-9-17-7-5-14;11-10(12,13)7-2-1-3-8(6-7)16-5-4-9(14)15-16/h4-9,12-14H,1-3,10-11H2,(H,26,27,31);4-9,12-14H,1-3,10-11,26H2,(H,27,28,31);5-13H2,1-4H3;5-12H2,1-4H3;14H,4-11H2,1-3H3;1-6H,(H2,14,15). The third kappa shape index (κ3) is 48.8. The van der Waals surface area contributed by atoms with Gasteiger partial charge in [-0.3, -0.25) is 34.1 Å². The lowest BCUT2D eigenvalue weighted by Gasteiger charge is -2.29. The highest BCUT2D eigenvalue weighted by atomic mass is 19.4. The molecule has 2 aliphatic heterocycles. The molecule has 0 atom stereocenters. The number of hydrogen-bond acceptors (Lipinski definition) is 27. The number of aliphatic hydroxyl groups is 1. The minimum absolute atomic E-state index is 0.0216. The van der Waals surface area contributed by atoms with Gasteiger partial charge < -0.3 is 93.8 Å². The van der Waals surface area contributed by atoms with Crippen LogP contribution in [-0.2, 0) is 89.8 Å². The molecule has 7 N–H and O–H groups in total. The van der Waals surface area contributed by atoms with Crippen molar-refractivity contribution in [3.05, 3.63) is 184 Å². The predicted octanol–water partition coefficient (Wildman–Crippen LogP) is 17.7. The second-order valence-corrected chi connectivity index (χ2v) is 34.0. The van der Waals surface area contributed by atoms with E-state index in [0.29, 0.717) is 123 Å². The summed E-state index contributed by atoms with van der Waals surface area (Å²) in [6.07, 6.45) is 1.68. The molecule has 2 aliphatic rings. The first-order valence-electron chi connectivity index (χ1n) is 45.6. The number of esters is 3. The summed E-state index contributed by atoms with van der Waals surface area (Å²) in [6, 6.07) is 28.5. The Morgan fingerprint density at radius 3 is 1.05 bits per heavy atom. The van der Waals surface area contributed by atoms with Crippen LogP contribution in [0.2, 0.25) is 0 Å². The highest BCUT2D eigenvalue weighted by Gasteiger charge is 2.34. The largest absolute Gasteiger partial charge is 0.460 e. The molecule has 2 amide bonds. The number of nitro groups is 1. The Bertz CT molecular complexity index is 4840. The van der Waals surface area contributed by atoms with Crippen molar-refractivity contribution < 1.29 is 130 Å². The van der Waals surface area contributed by atoms with E-state index in [4.69, 9.17) is 73.4 Å². The molecule has 3 aromatic heterocycles. The van der Waals surface area contributed by atoms with Crippen molar-refractivity contribution in [2.24, 2.45) is 0 Å². The molecular formula is C96H134F9N13O20. The van der Waals surface area contributed by atoms with Crippen LogP contribution in [0.1, 0.15) is 191 Å². The summed E-state index contributed by atoms with van der Waals surface area (Å²) < 4.78 is 182. The minimum atomic E-state index is -4.50. The van der Waals surface area contributed by atoms with E-state index in [-0.39, 0.29) is 83.9 Å². The van der Waals surface area contributed by atoms with Crippen molar-refractivity contribution in [1.29, 1.82) is 0 Å². The smallest absolute Gasteiger partial charge is 0.416 e. The summed E-state index contributed by atoms with van der Waals surface area (Å²) in [5.74, 6) is -1.35.